The molecule has 222 valence electrons. The predicted molar refractivity (Wildman–Crippen MR) is 164 cm³/mol. The molecule has 1 heterocycles. The van der Waals surface area contributed by atoms with Crippen LogP contribution >= 0.6 is 0 Å². The highest BCUT2D eigenvalue weighted by Gasteiger charge is 2.41. The van der Waals surface area contributed by atoms with E-state index in [1.807, 2.05) is 0 Å². The predicted octanol–water partition coefficient (Wildman–Crippen LogP) is 12.5. The Morgan fingerprint density at radius 3 is 1.14 bits per heavy atom. The Morgan fingerprint density at radius 1 is 0.432 bits per heavy atom. The number of rotatable bonds is 28. The summed E-state index contributed by atoms with van der Waals surface area (Å²) in [5.74, 6) is -0.335. The van der Waals surface area contributed by atoms with Crippen molar-refractivity contribution in [2.24, 2.45) is 0 Å². The molecule has 0 bridgehead atoms. The summed E-state index contributed by atoms with van der Waals surface area (Å²) in [6.07, 6.45) is 39.5. The fraction of sp³-hybridized carbons (Fsp3) is 1.00. The van der Waals surface area contributed by atoms with Crippen LogP contribution < -0.4 is 0 Å². The van der Waals surface area contributed by atoms with E-state index < -0.39 is 0 Å². The second kappa shape index (κ2) is 24.9. The smallest absolute Gasteiger partial charge is 0.166 e. The summed E-state index contributed by atoms with van der Waals surface area (Å²) in [6.45, 7) is 9.01. The van der Waals surface area contributed by atoms with Crippen LogP contribution in [0.3, 0.4) is 0 Å². The molecular weight excluding hydrogens is 452 g/mol. The fourth-order valence-corrected chi connectivity index (χ4v) is 6.15. The highest BCUT2D eigenvalue weighted by Crippen LogP contribution is 2.35. The molecule has 0 spiro atoms. The van der Waals surface area contributed by atoms with E-state index in [0.29, 0.717) is 6.10 Å². The lowest BCUT2D eigenvalue weighted by molar-refractivity contribution is -0.166. The van der Waals surface area contributed by atoms with Gasteiger partial charge >= 0.3 is 0 Å². The largest absolute Gasteiger partial charge is 0.345 e. The lowest BCUT2D eigenvalue weighted by atomic mass is 10.0. The maximum absolute atomic E-state index is 6.45. The minimum Gasteiger partial charge on any atom is -0.345 e. The first kappa shape index (κ1) is 34.9. The van der Waals surface area contributed by atoms with E-state index in [2.05, 4.69) is 27.7 Å². The molecule has 0 aromatic carbocycles. The topological polar surface area (TPSA) is 18.5 Å². The van der Waals surface area contributed by atoms with E-state index in [1.165, 1.54) is 173 Å². The quantitative estimate of drug-likeness (QED) is 0.0951. The first-order valence-corrected chi connectivity index (χ1v) is 17.5. The molecule has 2 heteroatoms. The molecule has 0 aromatic rings. The van der Waals surface area contributed by atoms with Gasteiger partial charge in [-0.15, -0.1) is 0 Å². The Labute approximate surface area is 234 Å². The van der Waals surface area contributed by atoms with Crippen LogP contribution in [0.4, 0.5) is 0 Å². The highest BCUT2D eigenvalue weighted by atomic mass is 16.8. The van der Waals surface area contributed by atoms with Crippen molar-refractivity contribution in [2.75, 3.05) is 0 Å². The van der Waals surface area contributed by atoms with E-state index >= 15 is 0 Å². The highest BCUT2D eigenvalue weighted by molar-refractivity contribution is 4.81. The van der Waals surface area contributed by atoms with Gasteiger partial charge in [-0.2, -0.15) is 0 Å². The third kappa shape index (κ3) is 20.5. The van der Waals surface area contributed by atoms with Gasteiger partial charge in [-0.1, -0.05) is 174 Å². The lowest BCUT2D eigenvalue weighted by Gasteiger charge is -2.23. The van der Waals surface area contributed by atoms with Gasteiger partial charge in [-0.3, -0.25) is 0 Å². The zero-order valence-corrected chi connectivity index (χ0v) is 26.3. The molecule has 2 nitrogen and oxygen atoms in total. The van der Waals surface area contributed by atoms with Crippen molar-refractivity contribution in [3.05, 3.63) is 0 Å². The van der Waals surface area contributed by atoms with E-state index in [1.54, 1.807) is 0 Å². The Kier molecular flexibility index (Phi) is 23.5. The molecule has 0 aliphatic carbocycles. The van der Waals surface area contributed by atoms with Crippen LogP contribution in [0.15, 0.2) is 0 Å². The molecule has 0 saturated carbocycles. The molecule has 0 N–H and O–H groups in total. The van der Waals surface area contributed by atoms with Crippen LogP contribution in [0.2, 0.25) is 0 Å². The van der Waals surface area contributed by atoms with E-state index in [0.717, 1.165) is 6.42 Å². The molecule has 0 amide bonds. The number of unbranched alkanes of at least 4 members (excludes halogenated alkanes) is 24. The van der Waals surface area contributed by atoms with Gasteiger partial charge in [0.1, 0.15) is 0 Å². The minimum atomic E-state index is -0.335. The third-order valence-corrected chi connectivity index (χ3v) is 8.69. The van der Waals surface area contributed by atoms with Gasteiger partial charge in [0.05, 0.1) is 12.2 Å². The Bertz CT molecular complexity index is 464. The summed E-state index contributed by atoms with van der Waals surface area (Å²) >= 11 is 0. The minimum absolute atomic E-state index is 0.254. The summed E-state index contributed by atoms with van der Waals surface area (Å²) in [4.78, 5) is 0. The molecular formula is C35H70O2. The summed E-state index contributed by atoms with van der Waals surface area (Å²) in [7, 11) is 0. The van der Waals surface area contributed by atoms with Crippen LogP contribution in [0.25, 0.3) is 0 Å². The average Bonchev–Trinajstić information content (AvgIpc) is 3.18. The standard InChI is InChI=1S/C35H70O2/c1-5-7-9-11-13-15-17-19-21-23-25-27-29-31-34-33(3)36-35(4,37-34)32-30-28-26-24-22-20-18-16-14-12-10-8-6-2/h33-34H,5-32H2,1-4H3/t33-,34-,35-/m0/s1. The SMILES string of the molecule is CCCCCCCCCCCCCCC[C@@H]1O[C@@](C)(CCCCCCCCCCCCCCC)O[C@H]1C. The molecule has 1 fully saturated rings. The number of hydrogen-bond acceptors (Lipinski definition) is 2. The fourth-order valence-electron chi connectivity index (χ4n) is 6.15. The molecule has 3 atom stereocenters. The second-order valence-electron chi connectivity index (χ2n) is 12.6. The summed E-state index contributed by atoms with van der Waals surface area (Å²) in [5.41, 5.74) is 0. The van der Waals surface area contributed by atoms with Crippen molar-refractivity contribution >= 4 is 0 Å². The van der Waals surface area contributed by atoms with Crippen LogP contribution in [0, 0.1) is 0 Å². The average molecular weight is 523 g/mol. The maximum atomic E-state index is 6.45. The van der Waals surface area contributed by atoms with Gasteiger partial charge in [0.25, 0.3) is 0 Å². The molecule has 37 heavy (non-hydrogen) atoms. The zero-order chi connectivity index (χ0) is 26.9. The van der Waals surface area contributed by atoms with E-state index in [4.69, 9.17) is 9.47 Å². The zero-order valence-electron chi connectivity index (χ0n) is 26.3. The molecule has 1 aliphatic heterocycles. The number of ether oxygens (including phenoxy) is 2. The van der Waals surface area contributed by atoms with Gasteiger partial charge in [0.2, 0.25) is 0 Å². The van der Waals surface area contributed by atoms with Crippen molar-refractivity contribution in [2.45, 2.75) is 225 Å². The molecule has 0 aromatic heterocycles. The van der Waals surface area contributed by atoms with Gasteiger partial charge in [0.15, 0.2) is 5.79 Å². The van der Waals surface area contributed by atoms with Crippen molar-refractivity contribution in [3.8, 4) is 0 Å². The monoisotopic (exact) mass is 523 g/mol. The maximum Gasteiger partial charge on any atom is 0.166 e. The van der Waals surface area contributed by atoms with Gasteiger partial charge in [-0.05, 0) is 26.7 Å². The van der Waals surface area contributed by atoms with E-state index in [9.17, 15) is 0 Å². The van der Waals surface area contributed by atoms with E-state index in [-0.39, 0.29) is 11.9 Å². The molecule has 1 aliphatic rings. The summed E-state index contributed by atoms with van der Waals surface area (Å²) < 4.78 is 12.8. The van der Waals surface area contributed by atoms with Crippen molar-refractivity contribution < 1.29 is 9.47 Å². The Hall–Kier alpha value is -0.0800. The van der Waals surface area contributed by atoms with Gasteiger partial charge < -0.3 is 9.47 Å². The summed E-state index contributed by atoms with van der Waals surface area (Å²) in [6, 6.07) is 0. The number of hydrogen-bond donors (Lipinski definition) is 0. The normalized spacial score (nSPS) is 21.7. The van der Waals surface area contributed by atoms with Crippen molar-refractivity contribution in [1.82, 2.24) is 0 Å². The lowest BCUT2D eigenvalue weighted by Crippen LogP contribution is -2.26. The first-order valence-electron chi connectivity index (χ1n) is 17.5. The third-order valence-electron chi connectivity index (χ3n) is 8.69. The van der Waals surface area contributed by atoms with Crippen LogP contribution in [-0.2, 0) is 9.47 Å². The first-order chi connectivity index (χ1) is 18.1. The Morgan fingerprint density at radius 2 is 0.757 bits per heavy atom. The van der Waals surface area contributed by atoms with Gasteiger partial charge in [0, 0.05) is 6.42 Å². The van der Waals surface area contributed by atoms with Crippen molar-refractivity contribution in [1.29, 1.82) is 0 Å². The molecule has 0 unspecified atom stereocenters. The summed E-state index contributed by atoms with van der Waals surface area (Å²) in [5, 5.41) is 0. The van der Waals surface area contributed by atoms with Crippen molar-refractivity contribution in [3.63, 3.8) is 0 Å². The van der Waals surface area contributed by atoms with Crippen LogP contribution in [-0.4, -0.2) is 18.0 Å². The Balaban J connectivity index is 1.90. The molecule has 0 radical (unpaired) electrons. The van der Waals surface area contributed by atoms with Crippen LogP contribution in [0.5, 0.6) is 0 Å². The van der Waals surface area contributed by atoms with Gasteiger partial charge in [-0.25, -0.2) is 0 Å². The second-order valence-corrected chi connectivity index (χ2v) is 12.6. The molecule has 1 saturated heterocycles. The molecule has 1 rings (SSSR count). The van der Waals surface area contributed by atoms with Crippen LogP contribution in [0.1, 0.15) is 207 Å².